The Balaban J connectivity index is 2.92. The number of hydrogen-bond acceptors (Lipinski definition) is 4. The first-order chi connectivity index (χ1) is 8.97. The van der Waals surface area contributed by atoms with Crippen LogP contribution in [0.5, 0.6) is 0 Å². The van der Waals surface area contributed by atoms with E-state index in [0.29, 0.717) is 18.0 Å². The Morgan fingerprint density at radius 3 is 2.58 bits per heavy atom. The fourth-order valence-electron chi connectivity index (χ4n) is 1.71. The first-order valence-electron chi connectivity index (χ1n) is 6.47. The lowest BCUT2D eigenvalue weighted by atomic mass is 10.1. The van der Waals surface area contributed by atoms with Crippen LogP contribution in [0.2, 0.25) is 0 Å². The molecule has 0 aliphatic rings. The van der Waals surface area contributed by atoms with E-state index in [0.717, 1.165) is 5.69 Å². The zero-order valence-corrected chi connectivity index (χ0v) is 12.3. The summed E-state index contributed by atoms with van der Waals surface area (Å²) in [5, 5.41) is 5.88. The molecule has 1 atom stereocenters. The van der Waals surface area contributed by atoms with Gasteiger partial charge in [0.1, 0.15) is 5.82 Å². The predicted molar refractivity (Wildman–Crippen MR) is 76.7 cm³/mol. The molecule has 0 aliphatic heterocycles. The van der Waals surface area contributed by atoms with Crippen molar-refractivity contribution in [3.8, 4) is 0 Å². The smallest absolute Gasteiger partial charge is 0.251 e. The standard InChI is InChI=1S/C14H23N3O2/c1-9(2)12-6-11(7-13(15-4)17-12)14(18)16-10(3)8-19-5/h6-7,9-10H,8H2,1-5H3,(H,15,17)(H,16,18). The van der Waals surface area contributed by atoms with E-state index in [1.54, 1.807) is 20.2 Å². The molecule has 0 saturated heterocycles. The Morgan fingerprint density at radius 2 is 2.05 bits per heavy atom. The van der Waals surface area contributed by atoms with Gasteiger partial charge < -0.3 is 15.4 Å². The topological polar surface area (TPSA) is 63.2 Å². The minimum atomic E-state index is -0.106. The lowest BCUT2D eigenvalue weighted by Gasteiger charge is -2.14. The van der Waals surface area contributed by atoms with E-state index in [1.165, 1.54) is 0 Å². The van der Waals surface area contributed by atoms with Gasteiger partial charge in [-0.15, -0.1) is 0 Å². The van der Waals surface area contributed by atoms with E-state index in [2.05, 4.69) is 29.5 Å². The fourth-order valence-corrected chi connectivity index (χ4v) is 1.71. The van der Waals surface area contributed by atoms with Gasteiger partial charge >= 0.3 is 0 Å². The fraction of sp³-hybridized carbons (Fsp3) is 0.571. The van der Waals surface area contributed by atoms with Crippen LogP contribution in [0.1, 0.15) is 42.7 Å². The van der Waals surface area contributed by atoms with Crippen LogP contribution in [0, 0.1) is 0 Å². The summed E-state index contributed by atoms with van der Waals surface area (Å²) in [6, 6.07) is 3.56. The zero-order chi connectivity index (χ0) is 14.4. The van der Waals surface area contributed by atoms with Gasteiger partial charge in [-0.3, -0.25) is 4.79 Å². The lowest BCUT2D eigenvalue weighted by Crippen LogP contribution is -2.35. The molecule has 0 fully saturated rings. The Morgan fingerprint density at radius 1 is 1.37 bits per heavy atom. The van der Waals surface area contributed by atoms with Crippen molar-refractivity contribution in [1.29, 1.82) is 0 Å². The second-order valence-corrected chi connectivity index (χ2v) is 4.90. The molecule has 2 N–H and O–H groups in total. The second-order valence-electron chi connectivity index (χ2n) is 4.90. The Hall–Kier alpha value is -1.62. The molecule has 1 aromatic rings. The van der Waals surface area contributed by atoms with Crippen LogP contribution in [0.4, 0.5) is 5.82 Å². The number of hydrogen-bond donors (Lipinski definition) is 2. The van der Waals surface area contributed by atoms with Crippen molar-refractivity contribution in [3.63, 3.8) is 0 Å². The lowest BCUT2D eigenvalue weighted by molar-refractivity contribution is 0.0905. The van der Waals surface area contributed by atoms with Crippen molar-refractivity contribution >= 4 is 11.7 Å². The molecular weight excluding hydrogens is 242 g/mol. The van der Waals surface area contributed by atoms with Gasteiger partial charge in [0, 0.05) is 31.5 Å². The summed E-state index contributed by atoms with van der Waals surface area (Å²) < 4.78 is 5.01. The third kappa shape index (κ3) is 4.52. The Kier molecular flexibility index (Phi) is 5.76. The van der Waals surface area contributed by atoms with Crippen LogP contribution in [-0.4, -0.2) is 37.7 Å². The van der Waals surface area contributed by atoms with Crippen molar-refractivity contribution in [1.82, 2.24) is 10.3 Å². The average molecular weight is 265 g/mol. The number of methoxy groups -OCH3 is 1. The molecule has 0 aromatic carbocycles. The van der Waals surface area contributed by atoms with Gasteiger partial charge in [0.15, 0.2) is 0 Å². The highest BCUT2D eigenvalue weighted by molar-refractivity contribution is 5.95. The second kappa shape index (κ2) is 7.09. The Bertz CT molecular complexity index is 433. The van der Waals surface area contributed by atoms with E-state index in [9.17, 15) is 4.79 Å². The number of aromatic nitrogens is 1. The molecule has 1 unspecified atom stereocenters. The number of amides is 1. The highest BCUT2D eigenvalue weighted by Gasteiger charge is 2.13. The maximum absolute atomic E-state index is 12.2. The normalized spacial score (nSPS) is 12.3. The highest BCUT2D eigenvalue weighted by atomic mass is 16.5. The number of pyridine rings is 1. The molecule has 5 nitrogen and oxygen atoms in total. The van der Waals surface area contributed by atoms with Gasteiger partial charge in [-0.1, -0.05) is 13.8 Å². The van der Waals surface area contributed by atoms with Crippen LogP contribution in [0.25, 0.3) is 0 Å². The molecule has 0 radical (unpaired) electrons. The van der Waals surface area contributed by atoms with Gasteiger partial charge in [0.25, 0.3) is 5.91 Å². The van der Waals surface area contributed by atoms with Crippen LogP contribution in [-0.2, 0) is 4.74 Å². The number of anilines is 1. The SMILES string of the molecule is CNc1cc(C(=O)NC(C)COC)cc(C(C)C)n1. The van der Waals surface area contributed by atoms with Crippen LogP contribution in [0.15, 0.2) is 12.1 Å². The summed E-state index contributed by atoms with van der Waals surface area (Å²) >= 11 is 0. The molecule has 106 valence electrons. The third-order valence-corrected chi connectivity index (χ3v) is 2.75. The van der Waals surface area contributed by atoms with Crippen LogP contribution >= 0.6 is 0 Å². The molecule has 1 aromatic heterocycles. The molecular formula is C14H23N3O2. The van der Waals surface area contributed by atoms with E-state index >= 15 is 0 Å². The van der Waals surface area contributed by atoms with Crippen molar-refractivity contribution in [2.24, 2.45) is 0 Å². The van der Waals surface area contributed by atoms with Gasteiger partial charge in [0.2, 0.25) is 0 Å². The minimum Gasteiger partial charge on any atom is -0.383 e. The van der Waals surface area contributed by atoms with Crippen molar-refractivity contribution in [3.05, 3.63) is 23.4 Å². The number of carbonyl (C=O) groups excluding carboxylic acids is 1. The van der Waals surface area contributed by atoms with Crippen molar-refractivity contribution in [2.45, 2.75) is 32.7 Å². The molecule has 0 bridgehead atoms. The van der Waals surface area contributed by atoms with Gasteiger partial charge in [-0.2, -0.15) is 0 Å². The van der Waals surface area contributed by atoms with Gasteiger partial charge in [-0.05, 0) is 25.0 Å². The summed E-state index contributed by atoms with van der Waals surface area (Å²) in [6.07, 6.45) is 0. The molecule has 1 heterocycles. The highest BCUT2D eigenvalue weighted by Crippen LogP contribution is 2.17. The summed E-state index contributed by atoms with van der Waals surface area (Å²) in [6.45, 7) is 6.51. The number of nitrogens with zero attached hydrogens (tertiary/aromatic N) is 1. The summed E-state index contributed by atoms with van der Waals surface area (Å²) in [5.74, 6) is 0.873. The first kappa shape index (κ1) is 15.4. The van der Waals surface area contributed by atoms with E-state index in [4.69, 9.17) is 4.74 Å². The number of ether oxygens (including phenoxy) is 1. The number of rotatable bonds is 6. The summed E-state index contributed by atoms with van der Waals surface area (Å²) in [4.78, 5) is 16.6. The summed E-state index contributed by atoms with van der Waals surface area (Å²) in [5.41, 5.74) is 1.52. The van der Waals surface area contributed by atoms with E-state index < -0.39 is 0 Å². The molecule has 0 saturated carbocycles. The Labute approximate surface area is 114 Å². The van der Waals surface area contributed by atoms with Gasteiger partial charge in [0.05, 0.1) is 6.61 Å². The molecule has 1 rings (SSSR count). The van der Waals surface area contributed by atoms with Gasteiger partial charge in [-0.25, -0.2) is 4.98 Å². The molecule has 1 amide bonds. The molecule has 19 heavy (non-hydrogen) atoms. The maximum atomic E-state index is 12.2. The number of carbonyl (C=O) groups is 1. The summed E-state index contributed by atoms with van der Waals surface area (Å²) in [7, 11) is 3.41. The van der Waals surface area contributed by atoms with E-state index in [-0.39, 0.29) is 17.9 Å². The average Bonchev–Trinajstić information content (AvgIpc) is 2.38. The maximum Gasteiger partial charge on any atom is 0.251 e. The molecule has 0 spiro atoms. The quantitative estimate of drug-likeness (QED) is 0.826. The third-order valence-electron chi connectivity index (χ3n) is 2.75. The zero-order valence-electron chi connectivity index (χ0n) is 12.3. The van der Waals surface area contributed by atoms with E-state index in [1.807, 2.05) is 13.0 Å². The first-order valence-corrected chi connectivity index (χ1v) is 6.47. The van der Waals surface area contributed by atoms with Crippen molar-refractivity contribution in [2.75, 3.05) is 26.1 Å². The molecule has 5 heteroatoms. The predicted octanol–water partition coefficient (Wildman–Crippen LogP) is 2.01. The largest absolute Gasteiger partial charge is 0.383 e. The van der Waals surface area contributed by atoms with Crippen LogP contribution in [0.3, 0.4) is 0 Å². The minimum absolute atomic E-state index is 0.0220. The number of nitrogens with one attached hydrogen (secondary N) is 2. The molecule has 0 aliphatic carbocycles. The van der Waals surface area contributed by atoms with Crippen LogP contribution < -0.4 is 10.6 Å². The van der Waals surface area contributed by atoms with Crippen molar-refractivity contribution < 1.29 is 9.53 Å². The monoisotopic (exact) mass is 265 g/mol.